The van der Waals surface area contributed by atoms with Gasteiger partial charge in [0.05, 0.1) is 16.6 Å². The number of pyridine rings is 1. The van der Waals surface area contributed by atoms with E-state index in [1.165, 1.54) is 12.3 Å². The van der Waals surface area contributed by atoms with E-state index in [2.05, 4.69) is 10.3 Å². The first-order valence-corrected chi connectivity index (χ1v) is 6.48. The maximum atomic E-state index is 10.8. The molecule has 2 aromatic heterocycles. The van der Waals surface area contributed by atoms with Crippen LogP contribution < -0.4 is 5.32 Å². The quantitative estimate of drug-likeness (QED) is 0.896. The number of aromatic nitrogens is 1. The zero-order valence-corrected chi connectivity index (χ0v) is 12.2. The Morgan fingerprint density at radius 1 is 1.45 bits per heavy atom. The van der Waals surface area contributed by atoms with Crippen molar-refractivity contribution in [2.45, 2.75) is 26.8 Å². The Kier molecular flexibility index (Phi) is 3.99. The monoisotopic (exact) mass is 294 g/mol. The van der Waals surface area contributed by atoms with Gasteiger partial charge in [-0.3, -0.25) is 0 Å². The second-order valence-electron chi connectivity index (χ2n) is 4.59. The van der Waals surface area contributed by atoms with Crippen molar-refractivity contribution in [2.24, 2.45) is 0 Å². The predicted molar refractivity (Wildman–Crippen MR) is 76.4 cm³/mol. The van der Waals surface area contributed by atoms with Crippen molar-refractivity contribution in [3.63, 3.8) is 0 Å². The Labute approximate surface area is 121 Å². The molecule has 0 fully saturated rings. The smallest absolute Gasteiger partial charge is 0.337 e. The van der Waals surface area contributed by atoms with E-state index in [9.17, 15) is 4.79 Å². The molecule has 2 rings (SSSR count). The zero-order valence-electron chi connectivity index (χ0n) is 11.4. The van der Waals surface area contributed by atoms with Gasteiger partial charge in [-0.2, -0.15) is 0 Å². The molecule has 0 radical (unpaired) electrons. The van der Waals surface area contributed by atoms with Crippen molar-refractivity contribution < 1.29 is 14.3 Å². The lowest BCUT2D eigenvalue weighted by molar-refractivity contribution is 0.0696. The third kappa shape index (κ3) is 2.93. The lowest BCUT2D eigenvalue weighted by atomic mass is 10.1. The molecule has 0 saturated carbocycles. The Morgan fingerprint density at radius 2 is 2.15 bits per heavy atom. The van der Waals surface area contributed by atoms with Crippen LogP contribution in [0.1, 0.15) is 40.4 Å². The van der Waals surface area contributed by atoms with Gasteiger partial charge in [0, 0.05) is 11.8 Å². The summed E-state index contributed by atoms with van der Waals surface area (Å²) in [6, 6.07) is 3.28. The molecule has 0 spiro atoms. The van der Waals surface area contributed by atoms with Crippen molar-refractivity contribution in [1.29, 1.82) is 0 Å². The predicted octanol–water partition coefficient (Wildman–Crippen LogP) is 3.82. The molecule has 0 aliphatic carbocycles. The van der Waals surface area contributed by atoms with Gasteiger partial charge in [-0.05, 0) is 32.9 Å². The molecule has 2 heterocycles. The van der Waals surface area contributed by atoms with Crippen LogP contribution in [-0.2, 0) is 0 Å². The van der Waals surface area contributed by atoms with Gasteiger partial charge in [0.15, 0.2) is 0 Å². The fourth-order valence-corrected chi connectivity index (χ4v) is 2.25. The average Bonchev–Trinajstić information content (AvgIpc) is 2.70. The minimum atomic E-state index is -1.06. The first kappa shape index (κ1) is 14.4. The van der Waals surface area contributed by atoms with E-state index in [1.54, 1.807) is 0 Å². The molecule has 6 heteroatoms. The highest BCUT2D eigenvalue weighted by atomic mass is 35.5. The van der Waals surface area contributed by atoms with Crippen molar-refractivity contribution in [3.05, 3.63) is 46.0 Å². The van der Waals surface area contributed by atoms with Gasteiger partial charge >= 0.3 is 5.97 Å². The highest BCUT2D eigenvalue weighted by molar-refractivity contribution is 6.33. The van der Waals surface area contributed by atoms with Crippen LogP contribution in [0.4, 0.5) is 5.82 Å². The molecule has 2 N–H and O–H groups in total. The minimum Gasteiger partial charge on any atom is -0.478 e. The average molecular weight is 295 g/mol. The van der Waals surface area contributed by atoms with Gasteiger partial charge < -0.3 is 14.8 Å². The maximum Gasteiger partial charge on any atom is 0.337 e. The summed E-state index contributed by atoms with van der Waals surface area (Å²) in [5.74, 6) is 1.06. The minimum absolute atomic E-state index is 0.0480. The van der Waals surface area contributed by atoms with E-state index < -0.39 is 5.97 Å². The Hall–Kier alpha value is -2.01. The summed E-state index contributed by atoms with van der Waals surface area (Å²) in [5, 5.41) is 12.3. The molecule has 1 atom stereocenters. The number of hydrogen-bond donors (Lipinski definition) is 2. The normalized spacial score (nSPS) is 12.2. The van der Waals surface area contributed by atoms with Crippen LogP contribution in [0, 0.1) is 13.8 Å². The second kappa shape index (κ2) is 5.54. The number of aryl methyl sites for hydroxylation is 2. The molecular weight excluding hydrogens is 280 g/mol. The molecule has 0 bridgehead atoms. The highest BCUT2D eigenvalue weighted by Gasteiger charge is 2.15. The van der Waals surface area contributed by atoms with Crippen molar-refractivity contribution in [3.8, 4) is 0 Å². The van der Waals surface area contributed by atoms with E-state index in [1.807, 2.05) is 26.8 Å². The summed E-state index contributed by atoms with van der Waals surface area (Å²) in [6.45, 7) is 5.74. The molecule has 0 aromatic carbocycles. The number of halogens is 1. The van der Waals surface area contributed by atoms with Crippen LogP contribution in [0.2, 0.25) is 5.02 Å². The number of nitrogens with one attached hydrogen (secondary N) is 1. The number of anilines is 1. The number of carbonyl (C=O) groups is 1. The summed E-state index contributed by atoms with van der Waals surface area (Å²) in [4.78, 5) is 14.9. The largest absolute Gasteiger partial charge is 0.478 e. The lowest BCUT2D eigenvalue weighted by Crippen LogP contribution is -2.09. The third-order valence-corrected chi connectivity index (χ3v) is 3.28. The molecule has 0 aliphatic rings. The van der Waals surface area contributed by atoms with Gasteiger partial charge in [0.2, 0.25) is 0 Å². The van der Waals surface area contributed by atoms with Crippen molar-refractivity contribution in [1.82, 2.24) is 4.98 Å². The van der Waals surface area contributed by atoms with Gasteiger partial charge in [0.1, 0.15) is 17.3 Å². The summed E-state index contributed by atoms with van der Waals surface area (Å²) in [5.41, 5.74) is 1.08. The van der Waals surface area contributed by atoms with Gasteiger partial charge in [-0.25, -0.2) is 9.78 Å². The third-order valence-electron chi connectivity index (χ3n) is 2.99. The number of nitrogens with zero attached hydrogens (tertiary/aromatic N) is 1. The molecule has 1 unspecified atom stereocenters. The SMILES string of the molecule is Cc1cc(C(C)Nc2ncc(C(=O)O)cc2Cl)c(C)o1. The van der Waals surface area contributed by atoms with E-state index in [0.717, 1.165) is 17.1 Å². The van der Waals surface area contributed by atoms with Crippen LogP contribution in [0.15, 0.2) is 22.7 Å². The summed E-state index contributed by atoms with van der Waals surface area (Å²) >= 11 is 6.04. The standard InChI is InChI=1S/C14H15ClN2O3/c1-7-4-11(9(3)20-7)8(2)17-13-12(15)5-10(6-16-13)14(18)19/h4-6,8H,1-3H3,(H,16,17)(H,18,19). The second-order valence-corrected chi connectivity index (χ2v) is 5.00. The van der Waals surface area contributed by atoms with Gasteiger partial charge in [-0.1, -0.05) is 11.6 Å². The molecule has 0 amide bonds. The van der Waals surface area contributed by atoms with Crippen LogP contribution in [-0.4, -0.2) is 16.1 Å². The fraction of sp³-hybridized carbons (Fsp3) is 0.286. The number of aromatic carboxylic acids is 1. The van der Waals surface area contributed by atoms with Crippen LogP contribution >= 0.6 is 11.6 Å². The summed E-state index contributed by atoms with van der Waals surface area (Å²) in [6.07, 6.45) is 1.27. The molecule has 0 aliphatic heterocycles. The fourth-order valence-electron chi connectivity index (χ4n) is 2.02. The highest BCUT2D eigenvalue weighted by Crippen LogP contribution is 2.27. The maximum absolute atomic E-state index is 10.8. The van der Waals surface area contributed by atoms with Gasteiger partial charge in [-0.15, -0.1) is 0 Å². The Morgan fingerprint density at radius 3 is 2.65 bits per heavy atom. The zero-order chi connectivity index (χ0) is 14.9. The van der Waals surface area contributed by atoms with Crippen LogP contribution in [0.3, 0.4) is 0 Å². The number of rotatable bonds is 4. The Balaban J connectivity index is 2.22. The van der Waals surface area contributed by atoms with Gasteiger partial charge in [0.25, 0.3) is 0 Å². The summed E-state index contributed by atoms with van der Waals surface area (Å²) < 4.78 is 5.48. The number of hydrogen-bond acceptors (Lipinski definition) is 4. The number of furan rings is 1. The van der Waals surface area contributed by atoms with E-state index in [0.29, 0.717) is 5.82 Å². The molecular formula is C14H15ClN2O3. The van der Waals surface area contributed by atoms with Crippen molar-refractivity contribution >= 4 is 23.4 Å². The molecule has 106 valence electrons. The molecule has 0 saturated heterocycles. The topological polar surface area (TPSA) is 75.4 Å². The molecule has 20 heavy (non-hydrogen) atoms. The summed E-state index contributed by atoms with van der Waals surface area (Å²) in [7, 11) is 0. The van der Waals surface area contributed by atoms with E-state index >= 15 is 0 Å². The van der Waals surface area contributed by atoms with Crippen LogP contribution in [0.25, 0.3) is 0 Å². The van der Waals surface area contributed by atoms with E-state index in [-0.39, 0.29) is 16.6 Å². The first-order chi connectivity index (χ1) is 9.38. The lowest BCUT2D eigenvalue weighted by Gasteiger charge is -2.15. The number of carboxylic acid groups (broad SMARTS) is 1. The van der Waals surface area contributed by atoms with Crippen molar-refractivity contribution in [2.75, 3.05) is 5.32 Å². The number of carboxylic acids is 1. The van der Waals surface area contributed by atoms with E-state index in [4.69, 9.17) is 21.1 Å². The molecule has 5 nitrogen and oxygen atoms in total. The van der Waals surface area contributed by atoms with Crippen LogP contribution in [0.5, 0.6) is 0 Å². The molecule has 2 aromatic rings. The Bertz CT molecular complexity index is 652. The first-order valence-electron chi connectivity index (χ1n) is 6.10.